The van der Waals surface area contributed by atoms with Gasteiger partial charge in [-0.2, -0.15) is 0 Å². The highest BCUT2D eigenvalue weighted by Crippen LogP contribution is 2.19. The van der Waals surface area contributed by atoms with E-state index in [1.807, 2.05) is 44.2 Å². The second-order valence-electron chi connectivity index (χ2n) is 5.65. The summed E-state index contributed by atoms with van der Waals surface area (Å²) in [5, 5.41) is 11.0. The van der Waals surface area contributed by atoms with E-state index in [1.165, 1.54) is 0 Å². The van der Waals surface area contributed by atoms with Crippen LogP contribution in [-0.2, 0) is 10.0 Å². The van der Waals surface area contributed by atoms with Gasteiger partial charge in [-0.3, -0.25) is 4.72 Å². The van der Waals surface area contributed by atoms with Crippen LogP contribution in [0.5, 0.6) is 0 Å². The van der Waals surface area contributed by atoms with Crippen LogP contribution in [0.1, 0.15) is 11.1 Å². The van der Waals surface area contributed by atoms with E-state index < -0.39 is 10.0 Å². The lowest BCUT2D eigenvalue weighted by Gasteiger charge is -2.09. The highest BCUT2D eigenvalue weighted by Gasteiger charge is 2.15. The Bertz CT molecular complexity index is 972. The first-order valence-corrected chi connectivity index (χ1v) is 9.18. The third kappa shape index (κ3) is 4.13. The van der Waals surface area contributed by atoms with Crippen LogP contribution in [0.4, 0.5) is 17.3 Å². The van der Waals surface area contributed by atoms with Crippen LogP contribution in [0.3, 0.4) is 0 Å². The molecule has 0 aliphatic rings. The number of sulfonamides is 1. The predicted octanol–water partition coefficient (Wildman–Crippen LogP) is 3.64. The van der Waals surface area contributed by atoms with Gasteiger partial charge in [0.25, 0.3) is 10.0 Å². The Morgan fingerprint density at radius 1 is 0.800 bits per heavy atom. The molecule has 7 heteroatoms. The number of nitrogens with zero attached hydrogens (tertiary/aromatic N) is 2. The summed E-state index contributed by atoms with van der Waals surface area (Å²) >= 11 is 0. The molecule has 0 unspecified atom stereocenters. The standard InChI is InChI=1S/C18H18N4O2S/c1-13-8-9-16(12-14(13)2)25(23,24)22-18-11-10-17(20-21-18)19-15-6-4-3-5-7-15/h3-12H,1-2H3,(H,19,20)(H,21,22). The average Bonchev–Trinajstić information content (AvgIpc) is 2.60. The summed E-state index contributed by atoms with van der Waals surface area (Å²) < 4.78 is 27.3. The van der Waals surface area contributed by atoms with E-state index in [0.717, 1.165) is 16.8 Å². The van der Waals surface area contributed by atoms with Crippen LogP contribution >= 0.6 is 0 Å². The highest BCUT2D eigenvalue weighted by atomic mass is 32.2. The maximum absolute atomic E-state index is 12.4. The first kappa shape index (κ1) is 16.9. The van der Waals surface area contributed by atoms with Gasteiger partial charge in [-0.1, -0.05) is 24.3 Å². The molecule has 0 atom stereocenters. The lowest BCUT2D eigenvalue weighted by atomic mass is 10.1. The molecule has 0 aliphatic heterocycles. The first-order chi connectivity index (χ1) is 11.9. The number of benzene rings is 2. The van der Waals surface area contributed by atoms with Crippen LogP contribution in [0.25, 0.3) is 0 Å². The molecule has 0 amide bonds. The largest absolute Gasteiger partial charge is 0.339 e. The third-order valence-corrected chi connectivity index (χ3v) is 5.09. The molecule has 2 aromatic carbocycles. The van der Waals surface area contributed by atoms with Crippen molar-refractivity contribution < 1.29 is 8.42 Å². The Labute approximate surface area is 147 Å². The minimum atomic E-state index is -3.70. The monoisotopic (exact) mass is 354 g/mol. The van der Waals surface area contributed by atoms with E-state index in [1.54, 1.807) is 30.3 Å². The molecule has 0 saturated heterocycles. The van der Waals surface area contributed by atoms with Crippen molar-refractivity contribution in [2.75, 3.05) is 10.0 Å². The molecule has 0 bridgehead atoms. The minimum absolute atomic E-state index is 0.164. The van der Waals surface area contributed by atoms with Crippen molar-refractivity contribution in [2.24, 2.45) is 0 Å². The molecule has 2 N–H and O–H groups in total. The van der Waals surface area contributed by atoms with E-state index in [2.05, 4.69) is 20.2 Å². The summed E-state index contributed by atoms with van der Waals surface area (Å²) in [5.74, 6) is 0.692. The predicted molar refractivity (Wildman–Crippen MR) is 98.5 cm³/mol. The molecular weight excluding hydrogens is 336 g/mol. The zero-order valence-corrected chi connectivity index (χ0v) is 14.7. The number of aryl methyl sites for hydroxylation is 2. The third-order valence-electron chi connectivity index (χ3n) is 3.74. The first-order valence-electron chi connectivity index (χ1n) is 7.70. The Morgan fingerprint density at radius 3 is 2.12 bits per heavy atom. The number of hydrogen-bond acceptors (Lipinski definition) is 5. The molecular formula is C18H18N4O2S. The molecule has 128 valence electrons. The summed E-state index contributed by atoms with van der Waals surface area (Å²) in [4.78, 5) is 0.198. The molecule has 1 heterocycles. The van der Waals surface area contributed by atoms with Crippen LogP contribution in [-0.4, -0.2) is 18.6 Å². The summed E-state index contributed by atoms with van der Waals surface area (Å²) in [6, 6.07) is 17.7. The van der Waals surface area contributed by atoms with Crippen molar-refractivity contribution in [3.05, 3.63) is 71.8 Å². The fraction of sp³-hybridized carbons (Fsp3) is 0.111. The topological polar surface area (TPSA) is 84.0 Å². The van der Waals surface area contributed by atoms with Gasteiger partial charge in [0.2, 0.25) is 0 Å². The number of para-hydroxylation sites is 1. The lowest BCUT2D eigenvalue weighted by Crippen LogP contribution is -2.14. The summed E-state index contributed by atoms with van der Waals surface area (Å²) in [6.07, 6.45) is 0. The molecule has 25 heavy (non-hydrogen) atoms. The number of aromatic nitrogens is 2. The second-order valence-corrected chi connectivity index (χ2v) is 7.33. The van der Waals surface area contributed by atoms with Gasteiger partial charge in [0.15, 0.2) is 11.6 Å². The van der Waals surface area contributed by atoms with Crippen molar-refractivity contribution in [3.8, 4) is 0 Å². The van der Waals surface area contributed by atoms with E-state index in [4.69, 9.17) is 0 Å². The molecule has 3 aromatic rings. The number of hydrogen-bond donors (Lipinski definition) is 2. The fourth-order valence-corrected chi connectivity index (χ4v) is 3.28. The maximum Gasteiger partial charge on any atom is 0.263 e. The SMILES string of the molecule is Cc1ccc(S(=O)(=O)Nc2ccc(Nc3ccccc3)nn2)cc1C. The quantitative estimate of drug-likeness (QED) is 0.731. The van der Waals surface area contributed by atoms with Gasteiger partial charge >= 0.3 is 0 Å². The summed E-state index contributed by atoms with van der Waals surface area (Å²) in [6.45, 7) is 3.81. The Kier molecular flexibility index (Phi) is 4.67. The highest BCUT2D eigenvalue weighted by molar-refractivity contribution is 7.92. The Hall–Kier alpha value is -2.93. The van der Waals surface area contributed by atoms with Gasteiger partial charge in [0.1, 0.15) is 0 Å². The molecule has 0 aliphatic carbocycles. The molecule has 0 radical (unpaired) electrons. The Balaban J connectivity index is 1.75. The van der Waals surface area contributed by atoms with Crippen molar-refractivity contribution in [1.82, 2.24) is 10.2 Å². The normalized spacial score (nSPS) is 11.1. The zero-order valence-electron chi connectivity index (χ0n) is 13.9. The van der Waals surface area contributed by atoms with Gasteiger partial charge in [-0.05, 0) is 61.4 Å². The van der Waals surface area contributed by atoms with Crippen molar-refractivity contribution in [2.45, 2.75) is 18.7 Å². The lowest BCUT2D eigenvalue weighted by molar-refractivity contribution is 0.601. The molecule has 3 rings (SSSR count). The molecule has 0 saturated carbocycles. The van der Waals surface area contributed by atoms with Crippen molar-refractivity contribution in [1.29, 1.82) is 0 Å². The summed E-state index contributed by atoms with van der Waals surface area (Å²) in [5.41, 5.74) is 2.83. The summed E-state index contributed by atoms with van der Waals surface area (Å²) in [7, 11) is -3.70. The minimum Gasteiger partial charge on any atom is -0.339 e. The van der Waals surface area contributed by atoms with Gasteiger partial charge in [-0.25, -0.2) is 8.42 Å². The van der Waals surface area contributed by atoms with Crippen molar-refractivity contribution >= 4 is 27.3 Å². The van der Waals surface area contributed by atoms with Gasteiger partial charge in [0.05, 0.1) is 4.90 Å². The van der Waals surface area contributed by atoms with E-state index in [-0.39, 0.29) is 10.7 Å². The number of nitrogens with one attached hydrogen (secondary N) is 2. The van der Waals surface area contributed by atoms with Gasteiger partial charge in [0, 0.05) is 5.69 Å². The van der Waals surface area contributed by atoms with Crippen LogP contribution < -0.4 is 10.0 Å². The van der Waals surface area contributed by atoms with Crippen LogP contribution in [0, 0.1) is 13.8 Å². The smallest absolute Gasteiger partial charge is 0.263 e. The molecule has 0 fully saturated rings. The zero-order chi connectivity index (χ0) is 17.9. The number of rotatable bonds is 5. The van der Waals surface area contributed by atoms with Crippen molar-refractivity contribution in [3.63, 3.8) is 0 Å². The number of anilines is 3. The van der Waals surface area contributed by atoms with E-state index in [9.17, 15) is 8.42 Å². The van der Waals surface area contributed by atoms with Gasteiger partial charge < -0.3 is 5.32 Å². The van der Waals surface area contributed by atoms with E-state index in [0.29, 0.717) is 5.82 Å². The van der Waals surface area contributed by atoms with Crippen LogP contribution in [0.2, 0.25) is 0 Å². The molecule has 1 aromatic heterocycles. The fourth-order valence-electron chi connectivity index (χ4n) is 2.20. The van der Waals surface area contributed by atoms with E-state index >= 15 is 0 Å². The Morgan fingerprint density at radius 2 is 1.48 bits per heavy atom. The van der Waals surface area contributed by atoms with Crippen LogP contribution in [0.15, 0.2) is 65.6 Å². The van der Waals surface area contributed by atoms with Gasteiger partial charge in [-0.15, -0.1) is 10.2 Å². The average molecular weight is 354 g/mol. The second kappa shape index (κ2) is 6.90. The molecule has 0 spiro atoms. The molecule has 6 nitrogen and oxygen atoms in total. The maximum atomic E-state index is 12.4.